The summed E-state index contributed by atoms with van der Waals surface area (Å²) in [6, 6.07) is 0. The van der Waals surface area contributed by atoms with Crippen LogP contribution in [0.15, 0.2) is 0 Å². The summed E-state index contributed by atoms with van der Waals surface area (Å²) in [6.45, 7) is -0.917. The van der Waals surface area contributed by atoms with Crippen molar-refractivity contribution in [3.05, 3.63) is 0 Å². The first-order valence-electron chi connectivity index (χ1n) is 2.03. The average Bonchev–Trinajstić information content (AvgIpc) is 1.89. The minimum absolute atomic E-state index is 0. The molecule has 0 N–H and O–H groups in total. The molecule has 0 amide bonds. The van der Waals surface area contributed by atoms with Crippen LogP contribution in [-0.2, 0) is 9.59 Å². The van der Waals surface area contributed by atoms with Crippen molar-refractivity contribution in [1.29, 1.82) is 0 Å². The molecule has 0 radical (unpaired) electrons. The summed E-state index contributed by atoms with van der Waals surface area (Å²) in [4.78, 5) is 19.0. The van der Waals surface area contributed by atoms with Gasteiger partial charge in [-0.3, -0.25) is 9.59 Å². The van der Waals surface area contributed by atoms with Crippen LogP contribution in [0.4, 0.5) is 4.39 Å². The van der Waals surface area contributed by atoms with Crippen LogP contribution in [0, 0.1) is 0 Å². The fourth-order valence-corrected chi connectivity index (χ4v) is 0. The quantitative estimate of drug-likeness (QED) is 0.271. The van der Waals surface area contributed by atoms with Crippen LogP contribution < -0.4 is 56.1 Å². The number of hydrogen-bond acceptors (Lipinski definition) is 2. The van der Waals surface area contributed by atoms with Gasteiger partial charge in [0.15, 0.2) is 6.67 Å². The monoisotopic (exact) mass is 396 g/mol. The maximum absolute atomic E-state index is 10.7. The Hall–Kier alpha value is 2.28. The van der Waals surface area contributed by atoms with Crippen LogP contribution in [0.2, 0.25) is 0 Å². The van der Waals surface area contributed by atoms with Crippen molar-refractivity contribution in [3.8, 4) is 0 Å². The molecule has 0 aromatic heterocycles. The average molecular weight is 399 g/mol. The Labute approximate surface area is 137 Å². The first-order valence-corrected chi connectivity index (χ1v) is 4.74. The Balaban J connectivity index is -0.0000000457. The van der Waals surface area contributed by atoms with Gasteiger partial charge in [0.05, 0.1) is 5.33 Å². The number of alkyl halides is 2. The maximum atomic E-state index is 10.7. The van der Waals surface area contributed by atoms with E-state index in [9.17, 15) is 14.0 Å². The van der Waals surface area contributed by atoms with E-state index in [1.807, 2.05) is 0 Å². The zero-order chi connectivity index (χ0) is 8.57. The third-order valence-corrected chi connectivity index (χ3v) is 1.96. The van der Waals surface area contributed by atoms with E-state index >= 15 is 0 Å². The van der Waals surface area contributed by atoms with Crippen LogP contribution >= 0.6 is 47.8 Å². The van der Waals surface area contributed by atoms with Crippen molar-refractivity contribution in [2.75, 3.05) is 12.0 Å². The van der Waals surface area contributed by atoms with E-state index in [2.05, 4.69) is 47.8 Å². The zero-order valence-electron chi connectivity index (χ0n) is 6.12. The molecule has 0 spiro atoms. The summed E-state index contributed by atoms with van der Waals surface area (Å²) < 4.78 is 10.1. The Morgan fingerprint density at radius 1 is 1.17 bits per heavy atom. The van der Waals surface area contributed by atoms with Crippen molar-refractivity contribution >= 4 is 57.2 Å². The van der Waals surface area contributed by atoms with Gasteiger partial charge < -0.3 is 4.70 Å². The first-order chi connectivity index (χ1) is 4.54. The normalized spacial score (nSPS) is 6.33. The Bertz CT molecular complexity index is 111. The Kier molecular flexibility index (Phi) is 37.6. The van der Waals surface area contributed by atoms with Gasteiger partial charge in [-0.1, -0.05) is 15.9 Å². The molecule has 8 heteroatoms. The first kappa shape index (κ1) is 23.8. The van der Waals surface area contributed by atoms with Gasteiger partial charge in [0.1, 0.15) is 0 Å². The maximum Gasteiger partial charge on any atom is 1.00 e. The second kappa shape index (κ2) is 18.9. The van der Waals surface area contributed by atoms with Crippen LogP contribution in [0.25, 0.3) is 0 Å². The molecule has 0 aromatic rings. The van der Waals surface area contributed by atoms with Crippen molar-refractivity contribution < 1.29 is 70.1 Å². The van der Waals surface area contributed by atoms with E-state index in [0.29, 0.717) is 5.33 Å². The molecule has 0 aliphatic carbocycles. The van der Waals surface area contributed by atoms with E-state index in [0.717, 1.165) is 0 Å². The van der Waals surface area contributed by atoms with Crippen LogP contribution in [0.3, 0.4) is 0 Å². The predicted molar refractivity (Wildman–Crippen MR) is 47.6 cm³/mol. The van der Waals surface area contributed by atoms with Crippen LogP contribution in [0.5, 0.6) is 0 Å². The van der Waals surface area contributed by atoms with Gasteiger partial charge >= 0.3 is 51.4 Å². The van der Waals surface area contributed by atoms with Gasteiger partial charge in [-0.2, -0.15) is 0 Å². The molecule has 0 bridgehead atoms. The van der Waals surface area contributed by atoms with E-state index in [1.165, 1.54) is 0 Å². The van der Waals surface area contributed by atoms with Gasteiger partial charge in [-0.05, 0) is 31.9 Å². The molecule has 0 aromatic carbocycles. The molecule has 0 atom stereocenters. The van der Waals surface area contributed by atoms with E-state index in [4.69, 9.17) is 0 Å². The second-order valence-corrected chi connectivity index (χ2v) is 3.31. The number of rotatable bonds is 2. The number of hydrogen-bond donors (Lipinski definition) is 0. The SMILES string of the molecule is O=C(Br)CBr.O=C(Br)C[18F].[18F-].[K+]. The summed E-state index contributed by atoms with van der Waals surface area (Å²) in [6.07, 6.45) is 0. The molecule has 0 heterocycles. The smallest absolute Gasteiger partial charge is 1.00 e. The van der Waals surface area contributed by atoms with Gasteiger partial charge in [0.25, 0.3) is 0 Å². The van der Waals surface area contributed by atoms with Crippen molar-refractivity contribution in [3.63, 3.8) is 0 Å². The second-order valence-electron chi connectivity index (χ2n) is 0.978. The van der Waals surface area contributed by atoms with Crippen molar-refractivity contribution in [2.45, 2.75) is 0 Å². The number of carbonyl (C=O) groups is 2. The molecule has 0 rings (SSSR count). The molecule has 68 valence electrons. The van der Waals surface area contributed by atoms with Gasteiger partial charge in [0, 0.05) is 0 Å². The molecule has 0 unspecified atom stereocenters. The Morgan fingerprint density at radius 2 is 1.33 bits per heavy atom. The minimum Gasteiger partial charge on any atom is -1.00 e. The van der Waals surface area contributed by atoms with Crippen LogP contribution in [0.1, 0.15) is 0 Å². The fourth-order valence-electron chi connectivity index (χ4n) is 0. The number of halogens is 5. The molecule has 0 saturated carbocycles. The molecule has 0 aliphatic rings. The van der Waals surface area contributed by atoms with E-state index < -0.39 is 11.4 Å². The third kappa shape index (κ3) is 39.6. The molecule has 0 saturated heterocycles. The summed E-state index contributed by atoms with van der Waals surface area (Å²) in [5, 5.41) is 0.396. The van der Waals surface area contributed by atoms with Crippen LogP contribution in [-0.4, -0.2) is 21.4 Å². The molecular formula is C4H4Br3F2KO2. The molecule has 12 heavy (non-hydrogen) atoms. The standard InChI is InChI=1S/C2H2Br2O.C2H2BrFO.FH.K/c3-1-2(4)5;3-2(5)1-4;;/h2*1H2;1H;/q;;;+1/p-1/i;4-1;1-1;. The predicted octanol–water partition coefficient (Wildman–Crippen LogP) is -3.81. The minimum atomic E-state index is -0.917. The summed E-state index contributed by atoms with van der Waals surface area (Å²) in [5.41, 5.74) is 0. The number of carbonyl (C=O) groups excluding carboxylic acids is 2. The van der Waals surface area contributed by atoms with E-state index in [-0.39, 0.29) is 60.8 Å². The molecular weight excluding hydrogens is 395 g/mol. The van der Waals surface area contributed by atoms with Gasteiger partial charge in [-0.25, -0.2) is 4.39 Å². The molecule has 0 fully saturated rings. The van der Waals surface area contributed by atoms with E-state index in [1.54, 1.807) is 0 Å². The summed E-state index contributed by atoms with van der Waals surface area (Å²) >= 11 is 7.96. The zero-order valence-corrected chi connectivity index (χ0v) is 14.0. The topological polar surface area (TPSA) is 34.1 Å². The van der Waals surface area contributed by atoms with Gasteiger partial charge in [0.2, 0.25) is 9.39 Å². The Morgan fingerprint density at radius 3 is 1.33 bits per heavy atom. The molecule has 0 aliphatic heterocycles. The summed E-state index contributed by atoms with van der Waals surface area (Å²) in [7, 11) is 0. The fraction of sp³-hybridized carbons (Fsp3) is 0.500. The van der Waals surface area contributed by atoms with Gasteiger partial charge in [-0.15, -0.1) is 0 Å². The van der Waals surface area contributed by atoms with Crippen molar-refractivity contribution in [1.82, 2.24) is 0 Å². The largest absolute Gasteiger partial charge is 1.00 e. The third-order valence-electron chi connectivity index (χ3n) is 0.210. The summed E-state index contributed by atoms with van der Waals surface area (Å²) in [5.74, 6) is 0. The molecule has 2 nitrogen and oxygen atoms in total. The van der Waals surface area contributed by atoms with Crippen molar-refractivity contribution in [2.24, 2.45) is 0 Å².